The molecule has 0 aromatic rings. The fraction of sp³-hybridized carbons (Fsp3) is 1.00. The molecular weight excluding hydrogens is 184 g/mol. The molecule has 1 N–H and O–H groups in total. The molecular formula is C13H24N2. The van der Waals surface area contributed by atoms with Gasteiger partial charge in [-0.05, 0) is 50.6 Å². The zero-order chi connectivity index (χ0) is 10.5. The first-order valence-corrected chi connectivity index (χ1v) is 6.69. The molecule has 0 aromatic heterocycles. The SMILES string of the molecule is CC1CNCC2(CCCN2C2CC2C)C1. The molecule has 1 aliphatic carbocycles. The Morgan fingerprint density at radius 3 is 2.80 bits per heavy atom. The van der Waals surface area contributed by atoms with Crippen LogP contribution in [0.1, 0.15) is 39.5 Å². The molecule has 2 heteroatoms. The highest BCUT2D eigenvalue weighted by molar-refractivity contribution is 5.07. The summed E-state index contributed by atoms with van der Waals surface area (Å²) in [6.07, 6.45) is 5.75. The first kappa shape index (κ1) is 10.1. The quantitative estimate of drug-likeness (QED) is 0.707. The summed E-state index contributed by atoms with van der Waals surface area (Å²) in [6.45, 7) is 8.66. The van der Waals surface area contributed by atoms with Crippen LogP contribution in [0.15, 0.2) is 0 Å². The summed E-state index contributed by atoms with van der Waals surface area (Å²) in [4.78, 5) is 2.86. The van der Waals surface area contributed by atoms with Crippen molar-refractivity contribution in [2.75, 3.05) is 19.6 Å². The lowest BCUT2D eigenvalue weighted by molar-refractivity contribution is 0.0735. The molecule has 4 atom stereocenters. The van der Waals surface area contributed by atoms with Crippen molar-refractivity contribution in [2.45, 2.75) is 51.1 Å². The van der Waals surface area contributed by atoms with Gasteiger partial charge in [-0.2, -0.15) is 0 Å². The Labute approximate surface area is 93.4 Å². The van der Waals surface area contributed by atoms with Crippen molar-refractivity contribution >= 4 is 0 Å². The highest BCUT2D eigenvalue weighted by Gasteiger charge is 2.51. The molecule has 2 saturated heterocycles. The van der Waals surface area contributed by atoms with Crippen LogP contribution < -0.4 is 5.32 Å². The molecule has 1 saturated carbocycles. The first-order chi connectivity index (χ1) is 7.21. The van der Waals surface area contributed by atoms with Gasteiger partial charge in [0.15, 0.2) is 0 Å². The number of likely N-dealkylation sites (tertiary alicyclic amines) is 1. The number of nitrogens with one attached hydrogen (secondary N) is 1. The molecule has 2 nitrogen and oxygen atoms in total. The van der Waals surface area contributed by atoms with E-state index >= 15 is 0 Å². The van der Waals surface area contributed by atoms with Crippen molar-refractivity contribution in [1.82, 2.24) is 10.2 Å². The third kappa shape index (κ3) is 1.62. The molecule has 3 aliphatic rings. The van der Waals surface area contributed by atoms with E-state index in [1.807, 2.05) is 0 Å². The minimum absolute atomic E-state index is 0.549. The minimum Gasteiger partial charge on any atom is -0.315 e. The fourth-order valence-corrected chi connectivity index (χ4v) is 3.97. The summed E-state index contributed by atoms with van der Waals surface area (Å²) in [5.74, 6) is 1.84. The maximum Gasteiger partial charge on any atom is 0.0340 e. The summed E-state index contributed by atoms with van der Waals surface area (Å²) in [6, 6.07) is 0.930. The van der Waals surface area contributed by atoms with Crippen molar-refractivity contribution in [1.29, 1.82) is 0 Å². The van der Waals surface area contributed by atoms with Crippen molar-refractivity contribution < 1.29 is 0 Å². The summed E-state index contributed by atoms with van der Waals surface area (Å²) in [5, 5.41) is 3.65. The van der Waals surface area contributed by atoms with Gasteiger partial charge < -0.3 is 5.32 Å². The molecule has 3 fully saturated rings. The van der Waals surface area contributed by atoms with E-state index in [9.17, 15) is 0 Å². The van der Waals surface area contributed by atoms with E-state index in [4.69, 9.17) is 0 Å². The van der Waals surface area contributed by atoms with Crippen molar-refractivity contribution in [2.24, 2.45) is 11.8 Å². The lowest BCUT2D eigenvalue weighted by Crippen LogP contribution is -2.57. The summed E-state index contributed by atoms with van der Waals surface area (Å²) < 4.78 is 0. The number of nitrogens with zero attached hydrogens (tertiary/aromatic N) is 1. The number of hydrogen-bond donors (Lipinski definition) is 1. The van der Waals surface area contributed by atoms with Gasteiger partial charge in [-0.3, -0.25) is 4.90 Å². The second-order valence-corrected chi connectivity index (χ2v) is 6.24. The van der Waals surface area contributed by atoms with Gasteiger partial charge in [-0.1, -0.05) is 13.8 Å². The van der Waals surface area contributed by atoms with Crippen LogP contribution in [0.3, 0.4) is 0 Å². The Morgan fingerprint density at radius 1 is 1.33 bits per heavy atom. The lowest BCUT2D eigenvalue weighted by Gasteiger charge is -2.44. The topological polar surface area (TPSA) is 15.3 Å². The predicted molar refractivity (Wildman–Crippen MR) is 62.9 cm³/mol. The monoisotopic (exact) mass is 208 g/mol. The largest absolute Gasteiger partial charge is 0.315 e. The maximum absolute atomic E-state index is 3.65. The third-order valence-electron chi connectivity index (χ3n) is 4.79. The lowest BCUT2D eigenvalue weighted by atomic mass is 9.82. The van der Waals surface area contributed by atoms with Crippen LogP contribution in [0.5, 0.6) is 0 Å². The van der Waals surface area contributed by atoms with Gasteiger partial charge in [-0.25, -0.2) is 0 Å². The van der Waals surface area contributed by atoms with Crippen LogP contribution >= 0.6 is 0 Å². The van der Waals surface area contributed by atoms with E-state index < -0.39 is 0 Å². The predicted octanol–water partition coefficient (Wildman–Crippen LogP) is 1.86. The number of hydrogen-bond acceptors (Lipinski definition) is 2. The van der Waals surface area contributed by atoms with Gasteiger partial charge in [0, 0.05) is 18.1 Å². The van der Waals surface area contributed by atoms with Gasteiger partial charge in [0.05, 0.1) is 0 Å². The molecule has 4 unspecified atom stereocenters. The Hall–Kier alpha value is -0.0800. The number of rotatable bonds is 1. The maximum atomic E-state index is 3.65. The molecule has 3 rings (SSSR count). The third-order valence-corrected chi connectivity index (χ3v) is 4.79. The van der Waals surface area contributed by atoms with E-state index in [2.05, 4.69) is 24.1 Å². The van der Waals surface area contributed by atoms with E-state index in [1.165, 1.54) is 45.3 Å². The fourth-order valence-electron chi connectivity index (χ4n) is 3.97. The second kappa shape index (κ2) is 3.46. The summed E-state index contributed by atoms with van der Waals surface area (Å²) >= 11 is 0. The van der Waals surface area contributed by atoms with E-state index in [1.54, 1.807) is 0 Å². The Kier molecular flexibility index (Phi) is 2.33. The molecule has 0 aromatic carbocycles. The smallest absolute Gasteiger partial charge is 0.0340 e. The molecule has 15 heavy (non-hydrogen) atoms. The second-order valence-electron chi connectivity index (χ2n) is 6.24. The molecule has 0 bridgehead atoms. The average molecular weight is 208 g/mol. The van der Waals surface area contributed by atoms with Gasteiger partial charge in [0.1, 0.15) is 0 Å². The van der Waals surface area contributed by atoms with Gasteiger partial charge in [-0.15, -0.1) is 0 Å². The van der Waals surface area contributed by atoms with Crippen molar-refractivity contribution in [3.63, 3.8) is 0 Å². The Bertz CT molecular complexity index is 253. The molecule has 0 radical (unpaired) electrons. The number of piperidine rings is 1. The van der Waals surface area contributed by atoms with Crippen LogP contribution in [0.25, 0.3) is 0 Å². The van der Waals surface area contributed by atoms with Crippen LogP contribution in [0.4, 0.5) is 0 Å². The van der Waals surface area contributed by atoms with Crippen LogP contribution in [-0.2, 0) is 0 Å². The van der Waals surface area contributed by atoms with Gasteiger partial charge in [0.25, 0.3) is 0 Å². The van der Waals surface area contributed by atoms with E-state index in [0.29, 0.717) is 5.54 Å². The van der Waals surface area contributed by atoms with Crippen LogP contribution in [-0.4, -0.2) is 36.1 Å². The highest BCUT2D eigenvalue weighted by Crippen LogP contribution is 2.46. The highest BCUT2D eigenvalue weighted by atomic mass is 15.3. The average Bonchev–Trinajstić information content (AvgIpc) is 2.77. The Morgan fingerprint density at radius 2 is 2.13 bits per heavy atom. The van der Waals surface area contributed by atoms with Crippen LogP contribution in [0.2, 0.25) is 0 Å². The summed E-state index contributed by atoms with van der Waals surface area (Å²) in [7, 11) is 0. The zero-order valence-electron chi connectivity index (χ0n) is 10.1. The molecule has 1 spiro atoms. The van der Waals surface area contributed by atoms with Crippen LogP contribution in [0, 0.1) is 11.8 Å². The van der Waals surface area contributed by atoms with E-state index in [0.717, 1.165) is 17.9 Å². The standard InChI is InChI=1S/C13H24N2/c1-10-7-13(9-14-8-10)4-3-5-15(13)12-6-11(12)2/h10-12,14H,3-9H2,1-2H3. The molecule has 2 heterocycles. The molecule has 86 valence electrons. The van der Waals surface area contributed by atoms with Gasteiger partial charge >= 0.3 is 0 Å². The molecule has 2 aliphatic heterocycles. The van der Waals surface area contributed by atoms with Gasteiger partial charge in [0.2, 0.25) is 0 Å². The normalized spacial score (nSPS) is 51.2. The molecule has 0 amide bonds. The Balaban J connectivity index is 1.76. The van der Waals surface area contributed by atoms with Crippen molar-refractivity contribution in [3.8, 4) is 0 Å². The van der Waals surface area contributed by atoms with E-state index in [-0.39, 0.29) is 0 Å². The minimum atomic E-state index is 0.549. The summed E-state index contributed by atoms with van der Waals surface area (Å²) in [5.41, 5.74) is 0.549. The zero-order valence-corrected chi connectivity index (χ0v) is 10.1. The van der Waals surface area contributed by atoms with Crippen molar-refractivity contribution in [3.05, 3.63) is 0 Å². The first-order valence-electron chi connectivity index (χ1n) is 6.69.